The van der Waals surface area contributed by atoms with Gasteiger partial charge in [0.05, 0.1) is 29.0 Å². The zero-order chi connectivity index (χ0) is 27.7. The Morgan fingerprint density at radius 3 is 2.44 bits per heavy atom. The van der Waals surface area contributed by atoms with Crippen molar-refractivity contribution in [3.8, 4) is 22.8 Å². The minimum absolute atomic E-state index is 0.321. The van der Waals surface area contributed by atoms with Crippen molar-refractivity contribution in [1.82, 2.24) is 30.2 Å². The third-order valence-electron chi connectivity index (χ3n) is 6.42. The summed E-state index contributed by atoms with van der Waals surface area (Å²) in [5, 5.41) is 16.1. The smallest absolute Gasteiger partial charge is 0.180 e. The van der Waals surface area contributed by atoms with Gasteiger partial charge in [0, 0.05) is 27.4 Å². The van der Waals surface area contributed by atoms with Crippen molar-refractivity contribution in [3.05, 3.63) is 98.5 Å². The molecule has 0 spiro atoms. The molecule has 0 aliphatic heterocycles. The van der Waals surface area contributed by atoms with Crippen LogP contribution in [0.5, 0.6) is 5.75 Å². The second kappa shape index (κ2) is 11.2. The van der Waals surface area contributed by atoms with Gasteiger partial charge in [0.2, 0.25) is 0 Å². The maximum Gasteiger partial charge on any atom is 0.180 e. The highest BCUT2D eigenvalue weighted by molar-refractivity contribution is 7.98. The maximum absolute atomic E-state index is 13.8. The first kappa shape index (κ1) is 27.5. The Bertz CT molecular complexity index is 1620. The molecule has 7 nitrogen and oxygen atoms in total. The number of nitrogens with one attached hydrogen (secondary N) is 1. The van der Waals surface area contributed by atoms with Crippen molar-refractivity contribution in [3.63, 3.8) is 0 Å². The van der Waals surface area contributed by atoms with E-state index in [2.05, 4.69) is 34.5 Å². The van der Waals surface area contributed by atoms with Gasteiger partial charge < -0.3 is 4.74 Å². The normalized spacial score (nSPS) is 11.7. The number of thioether (sulfide) groups is 1. The number of methoxy groups -OCH3 is 1. The summed E-state index contributed by atoms with van der Waals surface area (Å²) < 4.78 is 21.2. The van der Waals surface area contributed by atoms with Gasteiger partial charge in [0.25, 0.3) is 0 Å². The second-order valence-electron chi connectivity index (χ2n) is 9.17. The Morgan fingerprint density at radius 2 is 1.77 bits per heavy atom. The van der Waals surface area contributed by atoms with Crippen LogP contribution in [0.25, 0.3) is 17.1 Å². The summed E-state index contributed by atoms with van der Waals surface area (Å²) in [5.74, 6) is 1.20. The zero-order valence-corrected chi connectivity index (χ0v) is 24.1. The highest BCUT2D eigenvalue weighted by atomic mass is 35.5. The highest BCUT2D eigenvalue weighted by Crippen LogP contribution is 2.40. The minimum atomic E-state index is -0.513. The number of hydrogen-bond acceptors (Lipinski definition) is 6. The first-order valence-electron chi connectivity index (χ1n) is 11.7. The molecule has 2 aromatic heterocycles. The van der Waals surface area contributed by atoms with E-state index in [1.165, 1.54) is 23.9 Å². The Morgan fingerprint density at radius 1 is 1.00 bits per heavy atom. The molecular weight excluding hydrogens is 582 g/mol. The van der Waals surface area contributed by atoms with Crippen LogP contribution in [0.1, 0.15) is 30.7 Å². The van der Waals surface area contributed by atoms with E-state index in [0.717, 1.165) is 22.5 Å². The number of ether oxygens (including phenoxy) is 1. The van der Waals surface area contributed by atoms with Crippen LogP contribution in [-0.2, 0) is 11.2 Å². The van der Waals surface area contributed by atoms with Gasteiger partial charge in [0.15, 0.2) is 11.0 Å². The van der Waals surface area contributed by atoms with Crippen molar-refractivity contribution in [1.29, 1.82) is 0 Å². The number of imidazole rings is 1. The number of H-pyrrole nitrogens is 1. The molecule has 0 aliphatic rings. The number of aromatic amines is 1. The van der Waals surface area contributed by atoms with Crippen LogP contribution in [0.2, 0.25) is 15.1 Å². The molecule has 0 radical (unpaired) electrons. The average Bonchev–Trinajstić information content (AvgIpc) is 3.59. The van der Waals surface area contributed by atoms with E-state index in [0.29, 0.717) is 43.1 Å². The van der Waals surface area contributed by atoms with Gasteiger partial charge in [-0.3, -0.25) is 4.57 Å². The molecule has 1 N–H and O–H groups in total. The van der Waals surface area contributed by atoms with Crippen LogP contribution in [0.4, 0.5) is 4.39 Å². The number of benzene rings is 3. The molecule has 0 saturated heterocycles. The lowest BCUT2D eigenvalue weighted by molar-refractivity contribution is 0.414. The molecule has 0 saturated carbocycles. The van der Waals surface area contributed by atoms with E-state index < -0.39 is 5.41 Å². The molecule has 0 bridgehead atoms. The van der Waals surface area contributed by atoms with Crippen molar-refractivity contribution in [2.75, 3.05) is 7.11 Å². The Balaban J connectivity index is 1.55. The highest BCUT2D eigenvalue weighted by Gasteiger charge is 2.30. The second-order valence-corrected chi connectivity index (χ2v) is 11.3. The van der Waals surface area contributed by atoms with Gasteiger partial charge in [-0.25, -0.2) is 14.5 Å². The molecule has 2 heterocycles. The number of aromatic nitrogens is 6. The molecule has 5 aromatic rings. The predicted molar refractivity (Wildman–Crippen MR) is 153 cm³/mol. The van der Waals surface area contributed by atoms with Crippen molar-refractivity contribution in [2.45, 2.75) is 30.2 Å². The van der Waals surface area contributed by atoms with Crippen LogP contribution in [0.15, 0.2) is 66.0 Å². The molecule has 0 amide bonds. The summed E-state index contributed by atoms with van der Waals surface area (Å²) >= 11 is 20.9. The molecule has 0 aliphatic carbocycles. The number of halogens is 4. The van der Waals surface area contributed by atoms with Gasteiger partial charge in [-0.2, -0.15) is 0 Å². The monoisotopic (exact) mass is 602 g/mol. The fourth-order valence-corrected chi connectivity index (χ4v) is 6.08. The molecule has 3 aromatic carbocycles. The lowest BCUT2D eigenvalue weighted by Crippen LogP contribution is -2.23. The van der Waals surface area contributed by atoms with Crippen LogP contribution in [0, 0.1) is 5.82 Å². The Labute approximate surface area is 243 Å². The molecule has 12 heteroatoms. The standard InChI is InChI=1S/C27H22Cl3FN6OS/c1-27(2,16-4-9-23(38-3)22(30)11-16)24-13-32-26(37(24)18-7-5-17(31)6-8-18)39-14-15-10-19(21(29)12-20(15)28)25-33-35-36-34-25/h4-13H,14H2,1-3H3,(H,33,34,35,36). The van der Waals surface area contributed by atoms with Crippen molar-refractivity contribution in [2.24, 2.45) is 0 Å². The van der Waals surface area contributed by atoms with E-state index in [1.54, 1.807) is 25.3 Å². The third kappa shape index (κ3) is 5.49. The number of hydrogen-bond donors (Lipinski definition) is 1. The van der Waals surface area contributed by atoms with E-state index in [4.69, 9.17) is 44.5 Å². The van der Waals surface area contributed by atoms with E-state index >= 15 is 0 Å². The van der Waals surface area contributed by atoms with Gasteiger partial charge in [-0.1, -0.05) is 66.5 Å². The Kier molecular flexibility index (Phi) is 7.87. The van der Waals surface area contributed by atoms with E-state index in [9.17, 15) is 4.39 Å². The fraction of sp³-hybridized carbons (Fsp3) is 0.185. The van der Waals surface area contributed by atoms with Gasteiger partial charge >= 0.3 is 0 Å². The number of tetrazole rings is 1. The van der Waals surface area contributed by atoms with Gasteiger partial charge in [-0.15, -0.1) is 5.10 Å². The van der Waals surface area contributed by atoms with Crippen LogP contribution >= 0.6 is 46.6 Å². The average molecular weight is 604 g/mol. The molecular formula is C27H22Cl3FN6OS. The lowest BCUT2D eigenvalue weighted by Gasteiger charge is -2.28. The first-order valence-corrected chi connectivity index (χ1v) is 13.8. The SMILES string of the molecule is COc1ccc(C(C)(C)c2cnc(SCc3cc(-c4nnn[nH]4)c(Cl)cc3Cl)n2-c2ccc(F)cc2)cc1Cl. The molecule has 5 rings (SSSR count). The lowest BCUT2D eigenvalue weighted by atomic mass is 9.81. The summed E-state index contributed by atoms with van der Waals surface area (Å²) in [4.78, 5) is 4.76. The predicted octanol–water partition coefficient (Wildman–Crippen LogP) is 7.78. The quantitative estimate of drug-likeness (QED) is 0.182. The van der Waals surface area contributed by atoms with Gasteiger partial charge in [-0.05, 0) is 70.1 Å². The van der Waals surface area contributed by atoms with E-state index in [1.807, 2.05) is 35.0 Å². The van der Waals surface area contributed by atoms with Crippen LogP contribution in [0.3, 0.4) is 0 Å². The maximum atomic E-state index is 13.8. The fourth-order valence-electron chi connectivity index (χ4n) is 4.22. The number of rotatable bonds is 8. The molecule has 0 unspecified atom stereocenters. The topological polar surface area (TPSA) is 81.5 Å². The summed E-state index contributed by atoms with van der Waals surface area (Å²) in [6, 6.07) is 15.6. The van der Waals surface area contributed by atoms with Crippen molar-refractivity contribution < 1.29 is 9.13 Å². The van der Waals surface area contributed by atoms with Crippen LogP contribution in [-0.4, -0.2) is 37.3 Å². The molecule has 200 valence electrons. The van der Waals surface area contributed by atoms with Crippen molar-refractivity contribution >= 4 is 46.6 Å². The summed E-state index contributed by atoms with van der Waals surface area (Å²) in [6.45, 7) is 4.18. The summed E-state index contributed by atoms with van der Waals surface area (Å²) in [7, 11) is 1.58. The zero-order valence-electron chi connectivity index (χ0n) is 21.0. The largest absolute Gasteiger partial charge is 0.495 e. The van der Waals surface area contributed by atoms with Gasteiger partial charge in [0.1, 0.15) is 11.6 Å². The molecule has 0 atom stereocenters. The molecule has 0 fully saturated rings. The summed E-state index contributed by atoms with van der Waals surface area (Å²) in [6.07, 6.45) is 1.83. The molecule has 39 heavy (non-hydrogen) atoms. The first-order chi connectivity index (χ1) is 18.7. The third-order valence-corrected chi connectivity index (χ3v) is 8.38. The van der Waals surface area contributed by atoms with Crippen LogP contribution < -0.4 is 4.74 Å². The Hall–Kier alpha value is -3.11. The minimum Gasteiger partial charge on any atom is -0.495 e. The summed E-state index contributed by atoms with van der Waals surface area (Å²) in [5.41, 5.74) is 3.60. The number of nitrogens with zero attached hydrogens (tertiary/aromatic N) is 5. The van der Waals surface area contributed by atoms with E-state index in [-0.39, 0.29) is 5.82 Å².